The quantitative estimate of drug-likeness (QED) is 0.845. The van der Waals surface area contributed by atoms with E-state index in [1.54, 1.807) is 19.3 Å². The normalized spacial score (nSPS) is 17.4. The third kappa shape index (κ3) is 4.25. The first-order valence-corrected chi connectivity index (χ1v) is 9.38. The van der Waals surface area contributed by atoms with Crippen LogP contribution >= 0.6 is 11.3 Å². The van der Waals surface area contributed by atoms with Gasteiger partial charge in [0.1, 0.15) is 0 Å². The van der Waals surface area contributed by atoms with Crippen LogP contribution in [0, 0.1) is 6.92 Å². The number of thiophene rings is 1. The molecule has 0 saturated carbocycles. The van der Waals surface area contributed by atoms with E-state index in [0.717, 1.165) is 34.7 Å². The van der Waals surface area contributed by atoms with Crippen molar-refractivity contribution in [2.24, 2.45) is 0 Å². The predicted molar refractivity (Wildman–Crippen MR) is 98.4 cm³/mol. The lowest BCUT2D eigenvalue weighted by atomic mass is 10.0. The Morgan fingerprint density at radius 3 is 2.84 bits per heavy atom. The highest BCUT2D eigenvalue weighted by Gasteiger charge is 2.30. The third-order valence-electron chi connectivity index (χ3n) is 4.56. The number of likely N-dealkylation sites (tertiary alicyclic amines) is 1. The van der Waals surface area contributed by atoms with Crippen molar-refractivity contribution in [3.8, 4) is 0 Å². The molecule has 6 heteroatoms. The minimum absolute atomic E-state index is 0.0371. The van der Waals surface area contributed by atoms with E-state index in [1.165, 1.54) is 11.3 Å². The molecular weight excluding hydrogens is 334 g/mol. The number of rotatable bonds is 4. The minimum Gasteiger partial charge on any atom is -0.336 e. The number of amides is 2. The molecule has 1 fully saturated rings. The zero-order valence-corrected chi connectivity index (χ0v) is 15.5. The molecule has 1 aliphatic heterocycles. The summed E-state index contributed by atoms with van der Waals surface area (Å²) in [6, 6.07) is 7.78. The van der Waals surface area contributed by atoms with Gasteiger partial charge in [0, 0.05) is 49.9 Å². The van der Waals surface area contributed by atoms with E-state index in [4.69, 9.17) is 0 Å². The summed E-state index contributed by atoms with van der Waals surface area (Å²) in [5.41, 5.74) is 1.01. The van der Waals surface area contributed by atoms with Gasteiger partial charge in [0.2, 0.25) is 5.91 Å². The Hall–Kier alpha value is -2.21. The van der Waals surface area contributed by atoms with Gasteiger partial charge in [-0.1, -0.05) is 6.07 Å². The van der Waals surface area contributed by atoms with Gasteiger partial charge < -0.3 is 9.80 Å². The molecule has 5 nitrogen and oxygen atoms in total. The molecule has 0 radical (unpaired) electrons. The summed E-state index contributed by atoms with van der Waals surface area (Å²) in [4.78, 5) is 34.7. The van der Waals surface area contributed by atoms with Crippen molar-refractivity contribution in [3.63, 3.8) is 0 Å². The molecule has 2 aromatic rings. The molecule has 0 N–H and O–H groups in total. The topological polar surface area (TPSA) is 53.5 Å². The van der Waals surface area contributed by atoms with Gasteiger partial charge in [-0.2, -0.15) is 0 Å². The summed E-state index contributed by atoms with van der Waals surface area (Å²) < 4.78 is 0. The molecule has 0 aromatic carbocycles. The molecular formula is C19H23N3O2S. The highest BCUT2D eigenvalue weighted by atomic mass is 32.1. The first-order chi connectivity index (χ1) is 12.0. The Balaban J connectivity index is 1.71. The second-order valence-corrected chi connectivity index (χ2v) is 7.75. The molecule has 3 rings (SSSR count). The number of nitrogens with zero attached hydrogens (tertiary/aromatic N) is 3. The fourth-order valence-electron chi connectivity index (χ4n) is 3.28. The van der Waals surface area contributed by atoms with Crippen molar-refractivity contribution in [2.75, 3.05) is 13.1 Å². The number of hydrogen-bond donors (Lipinski definition) is 0. The molecule has 1 atom stereocenters. The number of carbonyl (C=O) groups excluding carboxylic acids is 2. The Bertz CT molecular complexity index is 744. The molecule has 2 amide bonds. The van der Waals surface area contributed by atoms with Gasteiger partial charge in [-0.15, -0.1) is 11.3 Å². The fourth-order valence-corrected chi connectivity index (χ4v) is 4.12. The predicted octanol–water partition coefficient (Wildman–Crippen LogP) is 3.10. The highest BCUT2D eigenvalue weighted by molar-refractivity contribution is 7.13. The second-order valence-electron chi connectivity index (χ2n) is 6.47. The van der Waals surface area contributed by atoms with Crippen LogP contribution in [0.15, 0.2) is 36.7 Å². The molecule has 1 saturated heterocycles. The maximum absolute atomic E-state index is 12.7. The molecule has 3 heterocycles. The molecule has 0 aliphatic carbocycles. The van der Waals surface area contributed by atoms with Crippen molar-refractivity contribution >= 4 is 23.2 Å². The first kappa shape index (κ1) is 17.6. The molecule has 1 aliphatic rings. The molecule has 25 heavy (non-hydrogen) atoms. The van der Waals surface area contributed by atoms with E-state index < -0.39 is 0 Å². The third-order valence-corrected chi connectivity index (χ3v) is 5.54. The molecule has 132 valence electrons. The van der Waals surface area contributed by atoms with Gasteiger partial charge in [0.25, 0.3) is 5.91 Å². The van der Waals surface area contributed by atoms with Crippen LogP contribution in [0.5, 0.6) is 0 Å². The number of piperidine rings is 1. The average molecular weight is 357 g/mol. The zero-order chi connectivity index (χ0) is 17.8. The maximum atomic E-state index is 12.7. The summed E-state index contributed by atoms with van der Waals surface area (Å²) in [5.74, 6) is 0.114. The number of aryl methyl sites for hydroxylation is 1. The Labute approximate surface area is 152 Å². The number of carbonyl (C=O) groups is 2. The lowest BCUT2D eigenvalue weighted by molar-refractivity contribution is -0.132. The molecule has 1 unspecified atom stereocenters. The van der Waals surface area contributed by atoms with Crippen LogP contribution in [0.3, 0.4) is 0 Å². The smallest absolute Gasteiger partial charge is 0.263 e. The summed E-state index contributed by atoms with van der Waals surface area (Å²) in [6.45, 7) is 5.49. The van der Waals surface area contributed by atoms with Crippen LogP contribution < -0.4 is 0 Å². The lowest BCUT2D eigenvalue weighted by Crippen LogP contribution is -2.50. The van der Waals surface area contributed by atoms with Crippen molar-refractivity contribution in [3.05, 3.63) is 52.0 Å². The lowest BCUT2D eigenvalue weighted by Gasteiger charge is -2.39. The summed E-state index contributed by atoms with van der Waals surface area (Å²) in [5, 5.41) is 0. The van der Waals surface area contributed by atoms with Gasteiger partial charge in [-0.05, 0) is 43.5 Å². The monoisotopic (exact) mass is 357 g/mol. The summed E-state index contributed by atoms with van der Waals surface area (Å²) in [7, 11) is 0. The van der Waals surface area contributed by atoms with E-state index in [0.29, 0.717) is 13.1 Å². The molecule has 0 spiro atoms. The highest BCUT2D eigenvalue weighted by Crippen LogP contribution is 2.23. The summed E-state index contributed by atoms with van der Waals surface area (Å²) in [6.07, 6.45) is 5.35. The summed E-state index contributed by atoms with van der Waals surface area (Å²) >= 11 is 1.53. The van der Waals surface area contributed by atoms with E-state index in [1.807, 2.05) is 41.0 Å². The van der Waals surface area contributed by atoms with Gasteiger partial charge in [0.05, 0.1) is 4.88 Å². The Morgan fingerprint density at radius 2 is 2.20 bits per heavy atom. The van der Waals surface area contributed by atoms with Crippen LogP contribution in [-0.2, 0) is 11.3 Å². The van der Waals surface area contributed by atoms with Crippen LogP contribution in [-0.4, -0.2) is 45.7 Å². The van der Waals surface area contributed by atoms with Crippen LogP contribution in [0.4, 0.5) is 0 Å². The average Bonchev–Trinajstić information content (AvgIpc) is 3.06. The fraction of sp³-hybridized carbons (Fsp3) is 0.421. The van der Waals surface area contributed by atoms with Crippen LogP contribution in [0.2, 0.25) is 0 Å². The molecule has 2 aromatic heterocycles. The van der Waals surface area contributed by atoms with Gasteiger partial charge in [-0.25, -0.2) is 0 Å². The van der Waals surface area contributed by atoms with E-state index in [-0.39, 0.29) is 17.9 Å². The van der Waals surface area contributed by atoms with Crippen molar-refractivity contribution < 1.29 is 9.59 Å². The number of hydrogen-bond acceptors (Lipinski definition) is 4. The van der Waals surface area contributed by atoms with Gasteiger partial charge in [-0.3, -0.25) is 14.6 Å². The van der Waals surface area contributed by atoms with Gasteiger partial charge >= 0.3 is 0 Å². The standard InChI is InChI=1S/C19H23N3O2S/c1-14-7-8-18(25-14)19(24)21-10-4-6-17(13-21)22(15(2)23)12-16-5-3-9-20-11-16/h3,5,7-9,11,17H,4,6,10,12-13H2,1-2H3. The maximum Gasteiger partial charge on any atom is 0.263 e. The Kier molecular flexibility index (Phi) is 5.48. The van der Waals surface area contributed by atoms with Crippen molar-refractivity contribution in [1.29, 1.82) is 0 Å². The molecule has 0 bridgehead atoms. The SMILES string of the molecule is CC(=O)N(Cc1cccnc1)C1CCCN(C(=O)c2ccc(C)s2)C1. The second kappa shape index (κ2) is 7.78. The van der Waals surface area contributed by atoms with Gasteiger partial charge in [0.15, 0.2) is 0 Å². The largest absolute Gasteiger partial charge is 0.336 e. The van der Waals surface area contributed by atoms with E-state index in [2.05, 4.69) is 4.98 Å². The van der Waals surface area contributed by atoms with E-state index in [9.17, 15) is 9.59 Å². The van der Waals surface area contributed by atoms with Crippen LogP contribution in [0.1, 0.15) is 39.9 Å². The first-order valence-electron chi connectivity index (χ1n) is 8.56. The zero-order valence-electron chi connectivity index (χ0n) is 14.6. The van der Waals surface area contributed by atoms with Crippen molar-refractivity contribution in [1.82, 2.24) is 14.8 Å². The minimum atomic E-state index is 0.0371. The number of aromatic nitrogens is 1. The van der Waals surface area contributed by atoms with Crippen molar-refractivity contribution in [2.45, 2.75) is 39.3 Å². The van der Waals surface area contributed by atoms with Crippen LogP contribution in [0.25, 0.3) is 0 Å². The number of pyridine rings is 1. The van der Waals surface area contributed by atoms with E-state index >= 15 is 0 Å². The Morgan fingerprint density at radius 1 is 1.36 bits per heavy atom.